The van der Waals surface area contributed by atoms with E-state index < -0.39 is 6.46 Å². The van der Waals surface area contributed by atoms with Crippen LogP contribution in [-0.2, 0) is 18.7 Å². The summed E-state index contributed by atoms with van der Waals surface area (Å²) in [5.74, 6) is 0. The van der Waals surface area contributed by atoms with E-state index in [-0.39, 0.29) is 5.16 Å². The van der Waals surface area contributed by atoms with Gasteiger partial charge >= 0.3 is 0 Å². The van der Waals surface area contributed by atoms with Crippen molar-refractivity contribution in [2.45, 2.75) is 46.2 Å². The van der Waals surface area contributed by atoms with E-state index in [1.807, 2.05) is 0 Å². The third kappa shape index (κ3) is 6.01. The topological polar surface area (TPSA) is 0 Å². The van der Waals surface area contributed by atoms with Crippen LogP contribution in [0, 0.1) is 0 Å². The van der Waals surface area contributed by atoms with Gasteiger partial charge in [0.25, 0.3) is 0 Å². The molecule has 116 valence electrons. The van der Waals surface area contributed by atoms with Gasteiger partial charge in [-0.25, -0.2) is 0 Å². The minimum Gasteiger partial charge on any atom is -0.555 e. The normalized spacial score (nSPS) is 15.6. The molecule has 2 heteroatoms. The summed E-state index contributed by atoms with van der Waals surface area (Å²) in [7, 11) is 0. The van der Waals surface area contributed by atoms with Gasteiger partial charge in [0.2, 0.25) is 0 Å². The first kappa shape index (κ1) is 18.5. The Morgan fingerprint density at radius 2 is 1.71 bits per heavy atom. The fourth-order valence-electron chi connectivity index (χ4n) is 2.34. The Balaban J connectivity index is 2.81. The standard InChI is InChI=1S/C19H29PS/c1-16(2)14-20(21,19(4,5)6)15-17(3)12-13-18-10-8-7-9-11-18/h7-12H,1,13-15H2,2-6H3/b17-12-. The molecule has 0 amide bonds. The molecule has 0 aliphatic carbocycles. The van der Waals surface area contributed by atoms with Gasteiger partial charge < -0.3 is 12.2 Å². The molecule has 1 atom stereocenters. The van der Waals surface area contributed by atoms with Crippen molar-refractivity contribution in [1.29, 1.82) is 0 Å². The Hall–Kier alpha value is -0.520. The second-order valence-electron chi connectivity index (χ2n) is 7.07. The maximum atomic E-state index is 6.13. The molecule has 0 nitrogen and oxygen atoms in total. The monoisotopic (exact) mass is 320 g/mol. The predicted octanol–water partition coefficient (Wildman–Crippen LogP) is 6.03. The van der Waals surface area contributed by atoms with Crippen molar-refractivity contribution >= 4 is 18.7 Å². The minimum absolute atomic E-state index is 0.198. The summed E-state index contributed by atoms with van der Waals surface area (Å²) in [5, 5.41) is 0.198. The summed E-state index contributed by atoms with van der Waals surface area (Å²) >= 11 is 6.13. The van der Waals surface area contributed by atoms with E-state index in [1.165, 1.54) is 16.7 Å². The molecule has 0 saturated heterocycles. The molecule has 0 heterocycles. The quantitative estimate of drug-likeness (QED) is 0.350. The van der Waals surface area contributed by atoms with Crippen molar-refractivity contribution in [3.63, 3.8) is 0 Å². The van der Waals surface area contributed by atoms with Crippen molar-refractivity contribution in [3.05, 3.63) is 59.7 Å². The predicted molar refractivity (Wildman–Crippen MR) is 102 cm³/mol. The van der Waals surface area contributed by atoms with Crippen LogP contribution < -0.4 is 0 Å². The van der Waals surface area contributed by atoms with Gasteiger partial charge in [0.05, 0.1) is 17.5 Å². The molecule has 0 N–H and O–H groups in total. The van der Waals surface area contributed by atoms with Gasteiger partial charge in [-0.3, -0.25) is 0 Å². The summed E-state index contributed by atoms with van der Waals surface area (Å²) in [5.41, 5.74) is 4.02. The van der Waals surface area contributed by atoms with E-state index in [0.29, 0.717) is 0 Å². The van der Waals surface area contributed by atoms with Gasteiger partial charge in [0.1, 0.15) is 0 Å². The van der Waals surface area contributed by atoms with Crippen molar-refractivity contribution < 1.29 is 0 Å². The van der Waals surface area contributed by atoms with Gasteiger partial charge in [0.15, 0.2) is 0 Å². The zero-order chi connectivity index (χ0) is 16.1. The Bertz CT molecular complexity index is 496. The fourth-order valence-corrected chi connectivity index (χ4v) is 6.48. The van der Waals surface area contributed by atoms with Crippen molar-refractivity contribution in [2.24, 2.45) is 0 Å². The number of rotatable bonds is 6. The molecule has 1 aromatic carbocycles. The van der Waals surface area contributed by atoms with Crippen LogP contribution in [0.15, 0.2) is 54.1 Å². The highest BCUT2D eigenvalue weighted by molar-refractivity contribution is 8.42. The maximum absolute atomic E-state index is 6.13. The Labute approximate surface area is 137 Å². The second kappa shape index (κ2) is 7.65. The zero-order valence-electron chi connectivity index (χ0n) is 14.1. The van der Waals surface area contributed by atoms with Crippen LogP contribution in [0.4, 0.5) is 0 Å². The molecule has 0 bridgehead atoms. The third-order valence-electron chi connectivity index (χ3n) is 3.78. The van der Waals surface area contributed by atoms with Crippen LogP contribution >= 0.6 is 6.46 Å². The molecule has 0 spiro atoms. The molecule has 0 fully saturated rings. The number of benzene rings is 1. The highest BCUT2D eigenvalue weighted by Crippen LogP contribution is 2.68. The summed E-state index contributed by atoms with van der Waals surface area (Å²) in [6.07, 6.45) is 5.42. The van der Waals surface area contributed by atoms with Crippen LogP contribution in [0.5, 0.6) is 0 Å². The Morgan fingerprint density at radius 3 is 2.19 bits per heavy atom. The molecule has 0 aliphatic heterocycles. The first-order valence-corrected chi connectivity index (χ1v) is 10.7. The molecule has 0 aliphatic rings. The lowest BCUT2D eigenvalue weighted by Crippen LogP contribution is -2.24. The van der Waals surface area contributed by atoms with Crippen molar-refractivity contribution in [3.8, 4) is 0 Å². The first-order valence-electron chi connectivity index (χ1n) is 7.56. The SMILES string of the molecule is C=C(C)C[P+]([S-])(C/C(C)=C\Cc1ccccc1)C(C)(C)C. The first-order chi connectivity index (χ1) is 9.64. The third-order valence-corrected chi connectivity index (χ3v) is 10.7. The highest BCUT2D eigenvalue weighted by Gasteiger charge is 2.37. The summed E-state index contributed by atoms with van der Waals surface area (Å²) in [6.45, 7) is 13.8. The molecule has 1 unspecified atom stereocenters. The van der Waals surface area contributed by atoms with Crippen LogP contribution in [0.2, 0.25) is 0 Å². The average molecular weight is 320 g/mol. The van der Waals surface area contributed by atoms with E-state index in [1.54, 1.807) is 0 Å². The molecule has 0 radical (unpaired) electrons. The van der Waals surface area contributed by atoms with Gasteiger partial charge in [0, 0.05) is 0 Å². The molecule has 1 aromatic rings. The molecule has 21 heavy (non-hydrogen) atoms. The van der Waals surface area contributed by atoms with Crippen LogP contribution in [0.3, 0.4) is 0 Å². The van der Waals surface area contributed by atoms with Crippen LogP contribution in [-0.4, -0.2) is 17.5 Å². The van der Waals surface area contributed by atoms with Gasteiger partial charge in [-0.05, 0) is 57.7 Å². The van der Waals surface area contributed by atoms with E-state index in [4.69, 9.17) is 12.2 Å². The van der Waals surface area contributed by atoms with Crippen LogP contribution in [0.25, 0.3) is 0 Å². The van der Waals surface area contributed by atoms with Crippen molar-refractivity contribution in [1.82, 2.24) is 0 Å². The minimum atomic E-state index is -1.47. The average Bonchev–Trinajstić information content (AvgIpc) is 2.35. The van der Waals surface area contributed by atoms with E-state index in [9.17, 15) is 0 Å². The molecule has 0 aromatic heterocycles. The number of hydrogen-bond acceptors (Lipinski definition) is 1. The number of hydrogen-bond donors (Lipinski definition) is 0. The van der Waals surface area contributed by atoms with Crippen molar-refractivity contribution in [2.75, 3.05) is 12.3 Å². The van der Waals surface area contributed by atoms with Crippen LogP contribution in [0.1, 0.15) is 40.2 Å². The lowest BCUT2D eigenvalue weighted by atomic mass is 10.1. The smallest absolute Gasteiger partial charge is 0.0612 e. The summed E-state index contributed by atoms with van der Waals surface area (Å²) < 4.78 is 0. The molecule has 0 saturated carbocycles. The lowest BCUT2D eigenvalue weighted by molar-refractivity contribution is 0.778. The zero-order valence-corrected chi connectivity index (χ0v) is 15.9. The number of allylic oxidation sites excluding steroid dienone is 3. The second-order valence-corrected chi connectivity index (χ2v) is 12.9. The van der Waals surface area contributed by atoms with Gasteiger partial charge in [-0.15, -0.1) is 0 Å². The molecule has 1 rings (SSSR count). The largest absolute Gasteiger partial charge is 0.555 e. The lowest BCUT2D eigenvalue weighted by Gasteiger charge is -2.45. The fraction of sp³-hybridized carbons (Fsp3) is 0.474. The highest BCUT2D eigenvalue weighted by atomic mass is 32.7. The van der Waals surface area contributed by atoms with Gasteiger partial charge in [-0.1, -0.05) is 49.5 Å². The van der Waals surface area contributed by atoms with E-state index in [2.05, 4.69) is 77.6 Å². The maximum Gasteiger partial charge on any atom is 0.0612 e. The summed E-state index contributed by atoms with van der Waals surface area (Å²) in [4.78, 5) is 0. The molecular weight excluding hydrogens is 291 g/mol. The Kier molecular flexibility index (Phi) is 6.75. The van der Waals surface area contributed by atoms with Gasteiger partial charge in [-0.2, -0.15) is 0 Å². The molecular formula is C19H29PS. The van der Waals surface area contributed by atoms with E-state index >= 15 is 0 Å². The summed E-state index contributed by atoms with van der Waals surface area (Å²) in [6, 6.07) is 10.6. The Morgan fingerprint density at radius 1 is 1.14 bits per heavy atom. The van der Waals surface area contributed by atoms with E-state index in [0.717, 1.165) is 18.7 Å².